The largest absolute Gasteiger partial charge is 0.481 e. The van der Waals surface area contributed by atoms with Crippen LogP contribution in [0.25, 0.3) is 0 Å². The number of nitro groups is 1. The summed E-state index contributed by atoms with van der Waals surface area (Å²) in [7, 11) is 1.55. The van der Waals surface area contributed by atoms with E-state index in [0.29, 0.717) is 13.0 Å². The van der Waals surface area contributed by atoms with Crippen LogP contribution in [0.15, 0.2) is 12.3 Å². The van der Waals surface area contributed by atoms with Crippen LogP contribution in [0.2, 0.25) is 0 Å². The van der Waals surface area contributed by atoms with Crippen LogP contribution < -0.4 is 0 Å². The highest BCUT2D eigenvalue weighted by Crippen LogP contribution is 2.27. The van der Waals surface area contributed by atoms with E-state index >= 15 is 0 Å². The van der Waals surface area contributed by atoms with Gasteiger partial charge >= 0.3 is 5.97 Å². The molecule has 1 fully saturated rings. The summed E-state index contributed by atoms with van der Waals surface area (Å²) < 4.78 is 1.39. The van der Waals surface area contributed by atoms with E-state index in [9.17, 15) is 19.7 Å². The molecule has 1 saturated heterocycles. The maximum absolute atomic E-state index is 12.4. The van der Waals surface area contributed by atoms with Crippen LogP contribution in [-0.4, -0.2) is 44.0 Å². The van der Waals surface area contributed by atoms with Crippen molar-refractivity contribution in [2.24, 2.45) is 13.0 Å². The number of carboxylic acid groups (broad SMARTS) is 1. The molecule has 8 nitrogen and oxygen atoms in total. The lowest BCUT2D eigenvalue weighted by atomic mass is 10.0. The van der Waals surface area contributed by atoms with Gasteiger partial charge in [0.05, 0.1) is 17.0 Å². The van der Waals surface area contributed by atoms with Gasteiger partial charge < -0.3 is 14.6 Å². The van der Waals surface area contributed by atoms with Crippen molar-refractivity contribution in [3.8, 4) is 0 Å². The summed E-state index contributed by atoms with van der Waals surface area (Å²) in [6.07, 6.45) is 1.66. The van der Waals surface area contributed by atoms with Crippen molar-refractivity contribution in [2.45, 2.75) is 19.4 Å². The third-order valence-corrected chi connectivity index (χ3v) is 3.75. The summed E-state index contributed by atoms with van der Waals surface area (Å²) in [5.74, 6) is -1.89. The Bertz CT molecular complexity index is 580. The minimum atomic E-state index is -0.925. The molecular formula is C12H15N3O5. The van der Waals surface area contributed by atoms with E-state index in [-0.39, 0.29) is 17.3 Å². The van der Waals surface area contributed by atoms with Crippen LogP contribution in [0.1, 0.15) is 23.8 Å². The van der Waals surface area contributed by atoms with E-state index in [1.165, 1.54) is 21.7 Å². The van der Waals surface area contributed by atoms with Crippen LogP contribution in [-0.2, 0) is 11.8 Å². The molecule has 1 aliphatic rings. The van der Waals surface area contributed by atoms with Crippen molar-refractivity contribution in [3.63, 3.8) is 0 Å². The fourth-order valence-corrected chi connectivity index (χ4v) is 2.56. The standard InChI is InChI=1S/C12H15N3O5/c1-7-9(12(17)18)3-4-14(7)11(16)10-5-8(15(19)20)6-13(10)2/h5-7,9H,3-4H2,1-2H3,(H,17,18). The third-order valence-electron chi connectivity index (χ3n) is 3.75. The summed E-state index contributed by atoms with van der Waals surface area (Å²) in [5, 5.41) is 19.8. The van der Waals surface area contributed by atoms with Gasteiger partial charge in [0.25, 0.3) is 11.6 Å². The molecule has 0 aliphatic carbocycles. The number of nitrogens with zero attached hydrogens (tertiary/aromatic N) is 3. The smallest absolute Gasteiger partial charge is 0.308 e. The molecular weight excluding hydrogens is 266 g/mol. The summed E-state index contributed by atoms with van der Waals surface area (Å²) in [4.78, 5) is 35.0. The average molecular weight is 281 g/mol. The van der Waals surface area contributed by atoms with Crippen molar-refractivity contribution in [3.05, 3.63) is 28.1 Å². The molecule has 20 heavy (non-hydrogen) atoms. The van der Waals surface area contributed by atoms with E-state index < -0.39 is 22.9 Å². The predicted octanol–water partition coefficient (Wildman–Crippen LogP) is 0.868. The molecule has 1 N–H and O–H groups in total. The van der Waals surface area contributed by atoms with Gasteiger partial charge in [-0.15, -0.1) is 0 Å². The molecule has 108 valence electrons. The quantitative estimate of drug-likeness (QED) is 0.653. The second kappa shape index (κ2) is 4.95. The first kappa shape index (κ1) is 14.0. The number of aliphatic carboxylic acids is 1. The van der Waals surface area contributed by atoms with Gasteiger partial charge in [0.1, 0.15) is 5.69 Å². The number of hydrogen-bond donors (Lipinski definition) is 1. The van der Waals surface area contributed by atoms with Crippen LogP contribution in [0.3, 0.4) is 0 Å². The Morgan fingerprint density at radius 2 is 2.15 bits per heavy atom. The number of carboxylic acids is 1. The summed E-state index contributed by atoms with van der Waals surface area (Å²) in [5.41, 5.74) is 0.0343. The van der Waals surface area contributed by atoms with Crippen LogP contribution in [0, 0.1) is 16.0 Å². The molecule has 0 spiro atoms. The van der Waals surface area contributed by atoms with Gasteiger partial charge in [0.2, 0.25) is 0 Å². The number of carbonyl (C=O) groups excluding carboxylic acids is 1. The second-order valence-corrected chi connectivity index (χ2v) is 4.92. The summed E-state index contributed by atoms with van der Waals surface area (Å²) in [6, 6.07) is 0.789. The minimum Gasteiger partial charge on any atom is -0.481 e. The zero-order valence-corrected chi connectivity index (χ0v) is 11.1. The summed E-state index contributed by atoms with van der Waals surface area (Å²) in [6.45, 7) is 2.02. The van der Waals surface area contributed by atoms with Gasteiger partial charge in [-0.05, 0) is 13.3 Å². The fraction of sp³-hybridized carbons (Fsp3) is 0.500. The molecule has 0 bridgehead atoms. The number of amides is 1. The SMILES string of the molecule is CC1C(C(=O)O)CCN1C(=O)c1cc([N+](=O)[O-])cn1C. The number of aryl methyl sites for hydroxylation is 1. The van der Waals surface area contributed by atoms with Crippen LogP contribution in [0.5, 0.6) is 0 Å². The highest BCUT2D eigenvalue weighted by molar-refractivity contribution is 5.94. The summed E-state index contributed by atoms with van der Waals surface area (Å²) >= 11 is 0. The molecule has 1 aromatic heterocycles. The normalized spacial score (nSPS) is 22.0. The molecule has 2 atom stereocenters. The fourth-order valence-electron chi connectivity index (χ4n) is 2.56. The Hall–Kier alpha value is -2.38. The van der Waals surface area contributed by atoms with Gasteiger partial charge in [0.15, 0.2) is 0 Å². The van der Waals surface area contributed by atoms with Gasteiger partial charge in [-0.3, -0.25) is 19.7 Å². The second-order valence-electron chi connectivity index (χ2n) is 4.92. The maximum Gasteiger partial charge on any atom is 0.308 e. The van der Waals surface area contributed by atoms with E-state index in [4.69, 9.17) is 5.11 Å². The van der Waals surface area contributed by atoms with Crippen molar-refractivity contribution in [1.82, 2.24) is 9.47 Å². The molecule has 0 saturated carbocycles. The number of hydrogen-bond acceptors (Lipinski definition) is 4. The Morgan fingerprint density at radius 3 is 2.60 bits per heavy atom. The Kier molecular flexibility index (Phi) is 3.47. The number of likely N-dealkylation sites (tertiary alicyclic amines) is 1. The zero-order chi connectivity index (χ0) is 15.0. The van der Waals surface area contributed by atoms with Crippen LogP contribution in [0.4, 0.5) is 5.69 Å². The first-order valence-corrected chi connectivity index (χ1v) is 6.17. The Labute approximate surface area is 114 Å². The van der Waals surface area contributed by atoms with E-state index in [1.807, 2.05) is 0 Å². The monoisotopic (exact) mass is 281 g/mol. The van der Waals surface area contributed by atoms with Crippen molar-refractivity contribution < 1.29 is 19.6 Å². The molecule has 8 heteroatoms. The topological polar surface area (TPSA) is 106 Å². The van der Waals surface area contributed by atoms with E-state index in [0.717, 1.165) is 0 Å². The number of aromatic nitrogens is 1. The first-order valence-electron chi connectivity index (χ1n) is 6.17. The van der Waals surface area contributed by atoms with Crippen molar-refractivity contribution in [1.29, 1.82) is 0 Å². The lowest BCUT2D eigenvalue weighted by Gasteiger charge is -2.23. The predicted molar refractivity (Wildman–Crippen MR) is 68.3 cm³/mol. The lowest BCUT2D eigenvalue weighted by Crippen LogP contribution is -2.38. The van der Waals surface area contributed by atoms with E-state index in [1.54, 1.807) is 14.0 Å². The van der Waals surface area contributed by atoms with Gasteiger partial charge in [-0.1, -0.05) is 0 Å². The molecule has 0 radical (unpaired) electrons. The molecule has 1 aromatic rings. The van der Waals surface area contributed by atoms with Crippen molar-refractivity contribution >= 4 is 17.6 Å². The first-order chi connectivity index (χ1) is 9.32. The minimum absolute atomic E-state index is 0.155. The number of carbonyl (C=O) groups is 2. The molecule has 2 heterocycles. The molecule has 0 aromatic carbocycles. The Balaban J connectivity index is 2.24. The zero-order valence-electron chi connectivity index (χ0n) is 11.1. The van der Waals surface area contributed by atoms with Crippen LogP contribution >= 0.6 is 0 Å². The average Bonchev–Trinajstić information content (AvgIpc) is 2.92. The van der Waals surface area contributed by atoms with Gasteiger partial charge in [0, 0.05) is 25.7 Å². The van der Waals surface area contributed by atoms with Crippen molar-refractivity contribution in [2.75, 3.05) is 6.54 Å². The van der Waals surface area contributed by atoms with E-state index in [2.05, 4.69) is 0 Å². The molecule has 2 rings (SSSR count). The number of rotatable bonds is 3. The highest BCUT2D eigenvalue weighted by Gasteiger charge is 2.39. The molecule has 2 unspecified atom stereocenters. The third kappa shape index (κ3) is 2.24. The maximum atomic E-state index is 12.4. The molecule has 1 aliphatic heterocycles. The highest BCUT2D eigenvalue weighted by atomic mass is 16.6. The van der Waals surface area contributed by atoms with Gasteiger partial charge in [-0.25, -0.2) is 0 Å². The lowest BCUT2D eigenvalue weighted by molar-refractivity contribution is -0.384. The van der Waals surface area contributed by atoms with Gasteiger partial charge in [-0.2, -0.15) is 0 Å². The Morgan fingerprint density at radius 1 is 1.50 bits per heavy atom. The molecule has 1 amide bonds.